The van der Waals surface area contributed by atoms with Gasteiger partial charge in [-0.2, -0.15) is 12.6 Å². The number of nitrogens with zero attached hydrogens (tertiary/aromatic N) is 1. The summed E-state index contributed by atoms with van der Waals surface area (Å²) in [7, 11) is 0.662. The minimum absolute atomic E-state index is 0.0493. The van der Waals surface area contributed by atoms with Crippen molar-refractivity contribution >= 4 is 33.6 Å². The largest absolute Gasteiger partial charge is 0.378 e. The molecule has 0 amide bonds. The van der Waals surface area contributed by atoms with Gasteiger partial charge in [-0.1, -0.05) is 6.07 Å². The molecular weight excluding hydrogens is 398 g/mol. The maximum absolute atomic E-state index is 12.3. The van der Waals surface area contributed by atoms with Crippen LogP contribution in [0.15, 0.2) is 24.4 Å². The highest BCUT2D eigenvalue weighted by atomic mass is 32.2. The molecule has 0 radical (unpaired) electrons. The number of hydrogen-bond donors (Lipinski definition) is 3. The zero-order valence-electron chi connectivity index (χ0n) is 16.6. The standard InChI is InChI=1S/C19H31N3O4S2/c1-22(2)7-5-17-14-20-19-4-3-16(13-18(17)19)15-28(23,24)21-6-8-25-9-10-26-11-12-27/h3-4,13-14,20-21,27H,5-12,15H2,1-2H3. The molecule has 2 aromatic rings. The average molecular weight is 430 g/mol. The van der Waals surface area contributed by atoms with Crippen LogP contribution >= 0.6 is 12.6 Å². The zero-order chi connectivity index (χ0) is 20.4. The van der Waals surface area contributed by atoms with Crippen molar-refractivity contribution in [1.29, 1.82) is 0 Å². The second kappa shape index (κ2) is 11.8. The molecule has 0 unspecified atom stereocenters. The number of aromatic amines is 1. The Labute approximate surface area is 173 Å². The van der Waals surface area contributed by atoms with Crippen molar-refractivity contribution in [2.75, 3.05) is 59.4 Å². The van der Waals surface area contributed by atoms with Gasteiger partial charge in [0.15, 0.2) is 0 Å². The van der Waals surface area contributed by atoms with Crippen molar-refractivity contribution in [2.24, 2.45) is 0 Å². The molecule has 2 rings (SSSR count). The molecule has 158 valence electrons. The van der Waals surface area contributed by atoms with E-state index in [1.54, 1.807) is 0 Å². The van der Waals surface area contributed by atoms with Crippen molar-refractivity contribution in [3.05, 3.63) is 35.5 Å². The molecule has 0 bridgehead atoms. The third-order valence-corrected chi connectivity index (χ3v) is 5.73. The highest BCUT2D eigenvalue weighted by Gasteiger charge is 2.13. The van der Waals surface area contributed by atoms with E-state index in [-0.39, 0.29) is 12.3 Å². The molecule has 0 aliphatic carbocycles. The lowest BCUT2D eigenvalue weighted by molar-refractivity contribution is 0.0563. The lowest BCUT2D eigenvalue weighted by Crippen LogP contribution is -2.29. The molecule has 0 atom stereocenters. The van der Waals surface area contributed by atoms with Crippen LogP contribution in [0.2, 0.25) is 0 Å². The number of hydrogen-bond acceptors (Lipinski definition) is 6. The molecule has 1 heterocycles. The van der Waals surface area contributed by atoms with Crippen LogP contribution in [0.25, 0.3) is 10.9 Å². The van der Waals surface area contributed by atoms with Gasteiger partial charge in [-0.25, -0.2) is 13.1 Å². The molecule has 0 saturated carbocycles. The van der Waals surface area contributed by atoms with Gasteiger partial charge in [0.25, 0.3) is 0 Å². The van der Waals surface area contributed by atoms with E-state index in [0.29, 0.717) is 32.2 Å². The number of sulfonamides is 1. The van der Waals surface area contributed by atoms with Gasteiger partial charge in [0, 0.05) is 35.9 Å². The molecule has 1 aromatic carbocycles. The lowest BCUT2D eigenvalue weighted by Gasteiger charge is -2.09. The summed E-state index contributed by atoms with van der Waals surface area (Å²) in [6.45, 7) is 3.01. The number of ether oxygens (including phenoxy) is 2. The molecule has 0 fully saturated rings. The summed E-state index contributed by atoms with van der Waals surface area (Å²) in [5.74, 6) is 0.623. The highest BCUT2D eigenvalue weighted by molar-refractivity contribution is 7.88. The molecule has 0 saturated heterocycles. The van der Waals surface area contributed by atoms with Gasteiger partial charge < -0.3 is 19.4 Å². The number of rotatable bonds is 14. The molecule has 0 aliphatic rings. The molecule has 0 aliphatic heterocycles. The van der Waals surface area contributed by atoms with Crippen LogP contribution < -0.4 is 4.72 Å². The summed E-state index contributed by atoms with van der Waals surface area (Å²) < 4.78 is 37.8. The predicted octanol–water partition coefficient (Wildman–Crippen LogP) is 1.65. The smallest absolute Gasteiger partial charge is 0.215 e. The fraction of sp³-hybridized carbons (Fsp3) is 0.579. The van der Waals surface area contributed by atoms with E-state index in [0.717, 1.165) is 29.4 Å². The maximum Gasteiger partial charge on any atom is 0.215 e. The Bertz CT molecular complexity index is 822. The molecule has 0 spiro atoms. The molecule has 2 N–H and O–H groups in total. The summed E-state index contributed by atoms with van der Waals surface area (Å²) in [4.78, 5) is 5.38. The van der Waals surface area contributed by atoms with Crippen LogP contribution in [-0.2, 0) is 31.7 Å². The van der Waals surface area contributed by atoms with E-state index >= 15 is 0 Å². The molecule has 7 nitrogen and oxygen atoms in total. The Morgan fingerprint density at radius 2 is 1.89 bits per heavy atom. The Hall–Kier alpha value is -1.10. The van der Waals surface area contributed by atoms with E-state index in [9.17, 15) is 8.42 Å². The number of fused-ring (bicyclic) bond motifs is 1. The second-order valence-electron chi connectivity index (χ2n) is 6.85. The van der Waals surface area contributed by atoms with E-state index in [2.05, 4.69) is 27.2 Å². The fourth-order valence-electron chi connectivity index (χ4n) is 2.79. The van der Waals surface area contributed by atoms with Crippen LogP contribution in [0, 0.1) is 0 Å². The predicted molar refractivity (Wildman–Crippen MR) is 117 cm³/mol. The molecule has 1 aromatic heterocycles. The number of aromatic nitrogens is 1. The normalized spacial score (nSPS) is 12.3. The number of H-pyrrole nitrogens is 1. The van der Waals surface area contributed by atoms with E-state index in [1.165, 1.54) is 5.56 Å². The third kappa shape index (κ3) is 8.10. The van der Waals surface area contributed by atoms with Gasteiger partial charge in [0.1, 0.15) is 0 Å². The first-order valence-electron chi connectivity index (χ1n) is 9.38. The minimum atomic E-state index is -3.42. The fourth-order valence-corrected chi connectivity index (χ4v) is 4.04. The van der Waals surface area contributed by atoms with Gasteiger partial charge in [-0.3, -0.25) is 0 Å². The third-order valence-electron chi connectivity index (χ3n) is 4.19. The number of nitrogens with one attached hydrogen (secondary N) is 2. The van der Waals surface area contributed by atoms with Crippen molar-refractivity contribution in [1.82, 2.24) is 14.6 Å². The van der Waals surface area contributed by atoms with Gasteiger partial charge in [0.05, 0.1) is 32.2 Å². The van der Waals surface area contributed by atoms with E-state index in [4.69, 9.17) is 9.47 Å². The van der Waals surface area contributed by atoms with E-state index in [1.807, 2.05) is 38.5 Å². The molecule has 9 heteroatoms. The monoisotopic (exact) mass is 429 g/mol. The van der Waals surface area contributed by atoms with Gasteiger partial charge in [-0.05, 0) is 43.8 Å². The maximum atomic E-state index is 12.3. The Balaban J connectivity index is 1.84. The zero-order valence-corrected chi connectivity index (χ0v) is 18.3. The number of benzene rings is 1. The lowest BCUT2D eigenvalue weighted by atomic mass is 10.1. The number of thiol groups is 1. The van der Waals surface area contributed by atoms with Crippen LogP contribution in [0.3, 0.4) is 0 Å². The van der Waals surface area contributed by atoms with Crippen molar-refractivity contribution < 1.29 is 17.9 Å². The van der Waals surface area contributed by atoms with Crippen molar-refractivity contribution in [2.45, 2.75) is 12.2 Å². The summed E-state index contributed by atoms with van der Waals surface area (Å²) in [5.41, 5.74) is 2.99. The second-order valence-corrected chi connectivity index (χ2v) is 9.10. The number of likely N-dealkylation sites (N-methyl/N-ethyl adjacent to an activating group) is 1. The SMILES string of the molecule is CN(C)CCc1c[nH]c2ccc(CS(=O)(=O)NCCOCCOCCS)cc12. The van der Waals surface area contributed by atoms with Crippen molar-refractivity contribution in [3.63, 3.8) is 0 Å². The first-order chi connectivity index (χ1) is 13.4. The Morgan fingerprint density at radius 3 is 2.61 bits per heavy atom. The average Bonchev–Trinajstić information content (AvgIpc) is 3.04. The van der Waals surface area contributed by atoms with Crippen LogP contribution in [-0.4, -0.2) is 77.7 Å². The van der Waals surface area contributed by atoms with Gasteiger partial charge >= 0.3 is 0 Å². The van der Waals surface area contributed by atoms with Gasteiger partial charge in [-0.15, -0.1) is 0 Å². The molecular formula is C19H31N3O4S2. The first kappa shape index (κ1) is 23.2. The van der Waals surface area contributed by atoms with E-state index < -0.39 is 10.0 Å². The molecule has 28 heavy (non-hydrogen) atoms. The first-order valence-corrected chi connectivity index (χ1v) is 11.7. The summed E-state index contributed by atoms with van der Waals surface area (Å²) in [5, 5.41) is 1.08. The summed E-state index contributed by atoms with van der Waals surface area (Å²) >= 11 is 4.05. The summed E-state index contributed by atoms with van der Waals surface area (Å²) in [6.07, 6.45) is 2.92. The van der Waals surface area contributed by atoms with Crippen molar-refractivity contribution in [3.8, 4) is 0 Å². The van der Waals surface area contributed by atoms with Gasteiger partial charge in [0.2, 0.25) is 10.0 Å². The highest BCUT2D eigenvalue weighted by Crippen LogP contribution is 2.21. The van der Waals surface area contributed by atoms with Crippen LogP contribution in [0.4, 0.5) is 0 Å². The van der Waals surface area contributed by atoms with Crippen LogP contribution in [0.1, 0.15) is 11.1 Å². The summed E-state index contributed by atoms with van der Waals surface area (Å²) in [6, 6.07) is 5.75. The quantitative estimate of drug-likeness (QED) is 0.314. The Morgan fingerprint density at radius 1 is 1.14 bits per heavy atom. The minimum Gasteiger partial charge on any atom is -0.378 e. The topological polar surface area (TPSA) is 83.7 Å². The van der Waals surface area contributed by atoms with Crippen LogP contribution in [0.5, 0.6) is 0 Å². The Kier molecular flexibility index (Phi) is 9.76.